The Morgan fingerprint density at radius 3 is 2.35 bits per heavy atom. The lowest BCUT2D eigenvalue weighted by Crippen LogP contribution is -2.16. The van der Waals surface area contributed by atoms with Crippen LogP contribution in [0.2, 0.25) is 0 Å². The van der Waals surface area contributed by atoms with Crippen molar-refractivity contribution in [3.63, 3.8) is 0 Å². The SMILES string of the molecule is CCC.CCCC(=O)c1cc2c(-c3cc(NS(S)(S)CC)ccc3Oc3ccc(C)cc3F)cn(C)c(=O)c2[nH]1. The van der Waals surface area contributed by atoms with Crippen LogP contribution in [0.1, 0.15) is 63.0 Å². The number of nitrogens with one attached hydrogen (secondary N) is 2. The summed E-state index contributed by atoms with van der Waals surface area (Å²) in [7, 11) is -0.0451. The van der Waals surface area contributed by atoms with Gasteiger partial charge in [0.15, 0.2) is 17.3 Å². The number of ketones is 1. The summed E-state index contributed by atoms with van der Waals surface area (Å²) in [6.45, 7) is 9.98. The van der Waals surface area contributed by atoms with Crippen molar-refractivity contribution in [3.8, 4) is 22.6 Å². The van der Waals surface area contributed by atoms with Crippen LogP contribution in [-0.2, 0) is 7.05 Å². The second-order valence-electron chi connectivity index (χ2n) is 9.62. The van der Waals surface area contributed by atoms with Gasteiger partial charge in [0, 0.05) is 47.6 Å². The Morgan fingerprint density at radius 2 is 1.73 bits per heavy atom. The number of Topliss-reactive ketones (excluding diaryl/α,β-unsaturated/α-hetero) is 1. The number of rotatable bonds is 9. The molecule has 6 nitrogen and oxygen atoms in total. The van der Waals surface area contributed by atoms with Gasteiger partial charge in [-0.15, -0.1) is 23.3 Å². The fraction of sp³-hybridized carbons (Fsp3) is 0.333. The topological polar surface area (TPSA) is 76.1 Å². The Hall–Kier alpha value is -2.82. The molecular formula is C30H38FN3O3S3. The molecule has 0 atom stereocenters. The zero-order valence-corrected chi connectivity index (χ0v) is 26.4. The number of nitrogens with zero attached hydrogens (tertiary/aromatic N) is 1. The van der Waals surface area contributed by atoms with Crippen LogP contribution in [0.15, 0.2) is 53.5 Å². The van der Waals surface area contributed by atoms with E-state index in [4.69, 9.17) is 4.74 Å². The van der Waals surface area contributed by atoms with E-state index in [1.807, 2.05) is 26.0 Å². The Bertz CT molecular complexity index is 1560. The molecule has 0 amide bonds. The highest BCUT2D eigenvalue weighted by molar-refractivity contribution is 9.18. The molecule has 216 valence electrons. The van der Waals surface area contributed by atoms with Gasteiger partial charge in [-0.1, -0.05) is 48.5 Å². The van der Waals surface area contributed by atoms with Gasteiger partial charge in [-0.25, -0.2) is 4.39 Å². The average molecular weight is 604 g/mol. The molecule has 2 heterocycles. The first-order chi connectivity index (χ1) is 18.9. The quantitative estimate of drug-likeness (QED) is 0.0875. The van der Waals surface area contributed by atoms with Gasteiger partial charge in [0.2, 0.25) is 0 Å². The second kappa shape index (κ2) is 13.7. The van der Waals surface area contributed by atoms with E-state index in [1.54, 1.807) is 44.4 Å². The predicted octanol–water partition coefficient (Wildman–Crippen LogP) is 9.01. The van der Waals surface area contributed by atoms with Crippen LogP contribution in [0.25, 0.3) is 22.0 Å². The fourth-order valence-electron chi connectivity index (χ4n) is 4.02. The Morgan fingerprint density at radius 1 is 1.05 bits per heavy atom. The number of carbonyl (C=O) groups is 1. The van der Waals surface area contributed by atoms with Gasteiger partial charge in [-0.05, 0) is 55.3 Å². The van der Waals surface area contributed by atoms with Crippen LogP contribution in [0, 0.1) is 12.7 Å². The van der Waals surface area contributed by atoms with Crippen LogP contribution >= 0.6 is 31.6 Å². The number of anilines is 1. The van der Waals surface area contributed by atoms with Crippen molar-refractivity contribution in [2.24, 2.45) is 7.05 Å². The molecule has 0 aliphatic carbocycles. The maximum Gasteiger partial charge on any atom is 0.274 e. The molecule has 0 unspecified atom stereocenters. The van der Waals surface area contributed by atoms with Gasteiger partial charge in [0.05, 0.1) is 5.69 Å². The highest BCUT2D eigenvalue weighted by atomic mass is 33.5. The van der Waals surface area contributed by atoms with E-state index in [2.05, 4.69) is 46.9 Å². The summed E-state index contributed by atoms with van der Waals surface area (Å²) in [6, 6.07) is 11.9. The van der Waals surface area contributed by atoms with Crippen LogP contribution < -0.4 is 15.0 Å². The lowest BCUT2D eigenvalue weighted by atomic mass is 10.0. The standard InChI is InChI=1S/C27H30FN3O3S3.C3H8/c1-5-7-23(32)22-14-19-20(15-31(4)27(33)26(19)29-22)18-13-17(30-37(35,36)6-2)9-11-24(18)34-25-10-8-16(3)12-21(25)28;1-3-2/h8-15,29-30,35-36H,5-7H2,1-4H3;3H2,1-2H3. The second-order valence-corrected chi connectivity index (χ2v) is 16.3. The van der Waals surface area contributed by atoms with Gasteiger partial charge < -0.3 is 19.0 Å². The number of halogens is 1. The number of carbonyl (C=O) groups excluding carboxylic acids is 1. The molecule has 0 radical (unpaired) electrons. The van der Waals surface area contributed by atoms with Gasteiger partial charge in [-0.2, -0.15) is 0 Å². The molecule has 2 N–H and O–H groups in total. The molecule has 2 aromatic heterocycles. The summed E-state index contributed by atoms with van der Waals surface area (Å²) in [5, 5.41) is 0.583. The van der Waals surface area contributed by atoms with E-state index < -0.39 is 14.1 Å². The number of ether oxygens (including phenoxy) is 1. The highest BCUT2D eigenvalue weighted by Gasteiger charge is 2.20. The van der Waals surface area contributed by atoms with E-state index in [9.17, 15) is 14.0 Å². The van der Waals surface area contributed by atoms with E-state index in [1.165, 1.54) is 17.1 Å². The minimum atomic E-state index is -1.69. The molecule has 40 heavy (non-hydrogen) atoms. The van der Waals surface area contributed by atoms with Crippen molar-refractivity contribution >= 4 is 54.0 Å². The van der Waals surface area contributed by atoms with Crippen LogP contribution in [0.3, 0.4) is 0 Å². The molecule has 0 bridgehead atoms. The number of benzene rings is 2. The number of H-pyrrole nitrogens is 1. The number of fused-ring (bicyclic) bond motifs is 1. The number of hydrogen-bond acceptors (Lipinski definition) is 6. The smallest absolute Gasteiger partial charge is 0.274 e. The number of aromatic amines is 1. The minimum Gasteiger partial charge on any atom is -0.454 e. The first kappa shape index (κ1) is 31.7. The summed E-state index contributed by atoms with van der Waals surface area (Å²) < 4.78 is 25.6. The molecule has 0 aliphatic heterocycles. The predicted molar refractivity (Wildman–Crippen MR) is 175 cm³/mol. The summed E-state index contributed by atoms with van der Waals surface area (Å²) in [4.78, 5) is 28.6. The first-order valence-corrected chi connectivity index (χ1v) is 17.2. The average Bonchev–Trinajstić information content (AvgIpc) is 3.35. The van der Waals surface area contributed by atoms with Gasteiger partial charge >= 0.3 is 0 Å². The molecule has 0 saturated heterocycles. The molecule has 0 spiro atoms. The van der Waals surface area contributed by atoms with Crippen LogP contribution in [-0.4, -0.2) is 21.1 Å². The third-order valence-electron chi connectivity index (χ3n) is 6.00. The van der Waals surface area contributed by atoms with Crippen LogP contribution in [0.5, 0.6) is 11.5 Å². The largest absolute Gasteiger partial charge is 0.454 e. The van der Waals surface area contributed by atoms with Crippen molar-refractivity contribution in [2.45, 2.75) is 53.9 Å². The number of hydrogen-bond donors (Lipinski definition) is 4. The molecular weight excluding hydrogens is 566 g/mol. The number of aryl methyl sites for hydroxylation is 2. The monoisotopic (exact) mass is 603 g/mol. The zero-order chi connectivity index (χ0) is 29.6. The van der Waals surface area contributed by atoms with Gasteiger partial charge in [-0.3, -0.25) is 9.59 Å². The van der Waals surface area contributed by atoms with Crippen LogP contribution in [0.4, 0.5) is 10.1 Å². The number of thiol groups is 2. The normalized spacial score (nSPS) is 11.6. The summed E-state index contributed by atoms with van der Waals surface area (Å²) in [5.41, 5.74) is 3.24. The Labute approximate surface area is 246 Å². The molecule has 0 aliphatic rings. The third-order valence-corrected chi connectivity index (χ3v) is 9.47. The zero-order valence-electron chi connectivity index (χ0n) is 23.8. The lowest BCUT2D eigenvalue weighted by molar-refractivity contribution is 0.0977. The van der Waals surface area contributed by atoms with E-state index >= 15 is 0 Å². The number of aromatic nitrogens is 2. The maximum atomic E-state index is 14.7. The Balaban J connectivity index is 0.00000141. The first-order valence-electron chi connectivity index (χ1n) is 13.3. The summed E-state index contributed by atoms with van der Waals surface area (Å²) in [5.74, 6) is 0.645. The van der Waals surface area contributed by atoms with Gasteiger partial charge in [0.25, 0.3) is 5.56 Å². The molecule has 4 rings (SSSR count). The van der Waals surface area contributed by atoms with E-state index in [0.29, 0.717) is 52.1 Å². The van der Waals surface area contributed by atoms with E-state index in [-0.39, 0.29) is 17.1 Å². The van der Waals surface area contributed by atoms with Crippen molar-refractivity contribution in [1.29, 1.82) is 0 Å². The summed E-state index contributed by atoms with van der Waals surface area (Å²) in [6.07, 6.45) is 4.02. The van der Waals surface area contributed by atoms with Crippen molar-refractivity contribution in [2.75, 3.05) is 10.5 Å². The van der Waals surface area contributed by atoms with Crippen molar-refractivity contribution < 1.29 is 13.9 Å². The molecule has 2 aromatic carbocycles. The Kier molecular flexibility index (Phi) is 10.9. The van der Waals surface area contributed by atoms with Gasteiger partial charge in [0.1, 0.15) is 11.3 Å². The molecule has 0 saturated carbocycles. The van der Waals surface area contributed by atoms with E-state index in [0.717, 1.165) is 11.3 Å². The summed E-state index contributed by atoms with van der Waals surface area (Å²) >= 11 is 9.30. The lowest BCUT2D eigenvalue weighted by Gasteiger charge is -2.29. The van der Waals surface area contributed by atoms with Crippen molar-refractivity contribution in [3.05, 3.63) is 76.1 Å². The highest BCUT2D eigenvalue weighted by Crippen LogP contribution is 2.56. The third kappa shape index (κ3) is 7.47. The molecule has 10 heteroatoms. The molecule has 0 fully saturated rings. The molecule has 4 aromatic rings. The maximum absolute atomic E-state index is 14.7. The van der Waals surface area contributed by atoms with Crippen molar-refractivity contribution in [1.82, 2.24) is 9.55 Å². The minimum absolute atomic E-state index is 0.0678. The fourth-order valence-corrected chi connectivity index (χ4v) is 5.30. The number of pyridine rings is 1.